The number of fused-ring (bicyclic) bond motifs is 6. The van der Waals surface area contributed by atoms with Gasteiger partial charge in [0.15, 0.2) is 17.5 Å². The molecule has 56 heavy (non-hydrogen) atoms. The molecule has 5 heteroatoms. The Morgan fingerprint density at radius 3 is 1.38 bits per heavy atom. The second-order valence-electron chi connectivity index (χ2n) is 13.9. The van der Waals surface area contributed by atoms with Crippen molar-refractivity contribution in [2.75, 3.05) is 0 Å². The molecular weight excluding hydrogens is 687 g/mol. The highest BCUT2D eigenvalue weighted by Gasteiger charge is 2.18. The smallest absolute Gasteiger partial charge is 0.164 e. The fourth-order valence-electron chi connectivity index (χ4n) is 7.96. The molecule has 0 amide bonds. The van der Waals surface area contributed by atoms with Crippen LogP contribution in [0.2, 0.25) is 0 Å². The van der Waals surface area contributed by atoms with Gasteiger partial charge in [-0.3, -0.25) is 0 Å². The minimum Gasteiger partial charge on any atom is -0.456 e. The lowest BCUT2D eigenvalue weighted by molar-refractivity contribution is 0.668. The van der Waals surface area contributed by atoms with E-state index in [0.29, 0.717) is 17.5 Å². The topological polar surface area (TPSA) is 65.0 Å². The molecule has 0 aliphatic rings. The van der Waals surface area contributed by atoms with Crippen molar-refractivity contribution in [3.8, 4) is 67.5 Å². The van der Waals surface area contributed by atoms with Gasteiger partial charge in [-0.15, -0.1) is 0 Å². The number of furan rings is 2. The standard InChI is InChI=1S/C51H31N3O2/c1-2-13-32(14-3-1)37-17-4-5-18-40(37)51-53-49(34-29-27-33(28-30-34)38-21-11-25-45-47(38)41-19-6-8-23-43(41)55-45)52-50(54-51)36-16-10-15-35(31-36)39-22-12-26-46-48(39)42-20-7-9-24-44(42)56-46/h1-31H. The molecule has 5 nitrogen and oxygen atoms in total. The quantitative estimate of drug-likeness (QED) is 0.171. The summed E-state index contributed by atoms with van der Waals surface area (Å²) >= 11 is 0. The second kappa shape index (κ2) is 13.0. The third-order valence-electron chi connectivity index (χ3n) is 10.6. The highest BCUT2D eigenvalue weighted by atomic mass is 16.3. The average molecular weight is 718 g/mol. The number of aromatic nitrogens is 3. The van der Waals surface area contributed by atoms with E-state index in [4.69, 9.17) is 23.8 Å². The summed E-state index contributed by atoms with van der Waals surface area (Å²) in [4.78, 5) is 15.5. The zero-order chi connectivity index (χ0) is 37.0. The van der Waals surface area contributed by atoms with Crippen LogP contribution in [-0.2, 0) is 0 Å². The average Bonchev–Trinajstić information content (AvgIpc) is 3.85. The van der Waals surface area contributed by atoms with Crippen molar-refractivity contribution >= 4 is 43.9 Å². The molecule has 0 aliphatic carbocycles. The van der Waals surface area contributed by atoms with Crippen molar-refractivity contribution in [1.29, 1.82) is 0 Å². The van der Waals surface area contributed by atoms with E-state index >= 15 is 0 Å². The summed E-state index contributed by atoms with van der Waals surface area (Å²) in [6.07, 6.45) is 0. The van der Waals surface area contributed by atoms with E-state index < -0.39 is 0 Å². The van der Waals surface area contributed by atoms with Gasteiger partial charge in [0, 0.05) is 38.2 Å². The molecule has 8 aromatic carbocycles. The van der Waals surface area contributed by atoms with Gasteiger partial charge in [-0.1, -0.05) is 158 Å². The summed E-state index contributed by atoms with van der Waals surface area (Å²) in [6, 6.07) is 64.5. The first-order chi connectivity index (χ1) is 27.7. The second-order valence-corrected chi connectivity index (χ2v) is 13.9. The zero-order valence-electron chi connectivity index (χ0n) is 30.1. The van der Waals surface area contributed by atoms with E-state index in [-0.39, 0.29) is 0 Å². The van der Waals surface area contributed by atoms with E-state index in [0.717, 1.165) is 93.9 Å². The van der Waals surface area contributed by atoms with Crippen molar-refractivity contribution < 1.29 is 8.83 Å². The van der Waals surface area contributed by atoms with Crippen molar-refractivity contribution in [1.82, 2.24) is 15.0 Å². The van der Waals surface area contributed by atoms with Gasteiger partial charge in [0.1, 0.15) is 22.3 Å². The highest BCUT2D eigenvalue weighted by Crippen LogP contribution is 2.40. The Hall–Kier alpha value is -7.63. The summed E-state index contributed by atoms with van der Waals surface area (Å²) < 4.78 is 12.4. The fourth-order valence-corrected chi connectivity index (χ4v) is 7.96. The lowest BCUT2D eigenvalue weighted by Crippen LogP contribution is -2.01. The van der Waals surface area contributed by atoms with E-state index in [1.54, 1.807) is 0 Å². The predicted octanol–water partition coefficient (Wildman–Crippen LogP) is 13.7. The van der Waals surface area contributed by atoms with Gasteiger partial charge in [0.05, 0.1) is 0 Å². The maximum absolute atomic E-state index is 6.24. The van der Waals surface area contributed by atoms with E-state index in [9.17, 15) is 0 Å². The normalized spacial score (nSPS) is 11.6. The van der Waals surface area contributed by atoms with Gasteiger partial charge in [0.2, 0.25) is 0 Å². The molecule has 3 heterocycles. The van der Waals surface area contributed by atoms with Crippen molar-refractivity contribution in [3.05, 3.63) is 188 Å². The molecule has 0 N–H and O–H groups in total. The van der Waals surface area contributed by atoms with Crippen molar-refractivity contribution in [3.63, 3.8) is 0 Å². The SMILES string of the molecule is c1ccc(-c2ccccc2-c2nc(-c3ccc(-c4cccc5oc6ccccc6c45)cc3)nc(-c3cccc(-c4cccc5oc6ccccc6c45)c3)n2)cc1. The largest absolute Gasteiger partial charge is 0.456 e. The van der Waals surface area contributed by atoms with Gasteiger partial charge in [-0.2, -0.15) is 0 Å². The molecule has 3 aromatic heterocycles. The van der Waals surface area contributed by atoms with Gasteiger partial charge >= 0.3 is 0 Å². The first-order valence-electron chi connectivity index (χ1n) is 18.7. The Kier molecular flexibility index (Phi) is 7.42. The number of nitrogens with zero attached hydrogens (tertiary/aromatic N) is 3. The van der Waals surface area contributed by atoms with Gasteiger partial charge in [0.25, 0.3) is 0 Å². The summed E-state index contributed by atoms with van der Waals surface area (Å²) in [5, 5.41) is 4.39. The van der Waals surface area contributed by atoms with Crippen molar-refractivity contribution in [2.24, 2.45) is 0 Å². The zero-order valence-corrected chi connectivity index (χ0v) is 30.1. The van der Waals surface area contributed by atoms with Crippen LogP contribution in [0, 0.1) is 0 Å². The summed E-state index contributed by atoms with van der Waals surface area (Å²) in [6.45, 7) is 0. The van der Waals surface area contributed by atoms with Crippen LogP contribution >= 0.6 is 0 Å². The molecule has 0 saturated heterocycles. The minimum absolute atomic E-state index is 0.595. The fraction of sp³-hybridized carbons (Fsp3) is 0. The van der Waals surface area contributed by atoms with Gasteiger partial charge < -0.3 is 8.83 Å². The Morgan fingerprint density at radius 2 is 0.696 bits per heavy atom. The molecule has 0 bridgehead atoms. The maximum atomic E-state index is 6.24. The van der Waals surface area contributed by atoms with Crippen LogP contribution in [0.15, 0.2) is 197 Å². The number of benzene rings is 8. The first kappa shape index (κ1) is 31.9. The molecule has 0 fully saturated rings. The van der Waals surface area contributed by atoms with Crippen molar-refractivity contribution in [2.45, 2.75) is 0 Å². The third kappa shape index (κ3) is 5.37. The van der Waals surface area contributed by atoms with Crippen LogP contribution in [0.5, 0.6) is 0 Å². The monoisotopic (exact) mass is 717 g/mol. The third-order valence-corrected chi connectivity index (χ3v) is 10.6. The Labute approximate surface area is 322 Å². The molecular formula is C51H31N3O2. The Balaban J connectivity index is 1.07. The molecule has 0 spiro atoms. The lowest BCUT2D eigenvalue weighted by Gasteiger charge is -2.13. The highest BCUT2D eigenvalue weighted by molar-refractivity contribution is 6.13. The molecule has 11 aromatic rings. The van der Waals surface area contributed by atoms with Crippen LogP contribution < -0.4 is 0 Å². The molecule has 0 unspecified atom stereocenters. The van der Waals surface area contributed by atoms with Gasteiger partial charge in [-0.25, -0.2) is 15.0 Å². The molecule has 0 aliphatic heterocycles. The summed E-state index contributed by atoms with van der Waals surface area (Å²) in [7, 11) is 0. The molecule has 0 radical (unpaired) electrons. The first-order valence-corrected chi connectivity index (χ1v) is 18.7. The lowest BCUT2D eigenvalue weighted by atomic mass is 9.97. The van der Waals surface area contributed by atoms with Crippen LogP contribution in [0.4, 0.5) is 0 Å². The number of rotatable bonds is 6. The number of hydrogen-bond acceptors (Lipinski definition) is 5. The van der Waals surface area contributed by atoms with Crippen LogP contribution in [0.3, 0.4) is 0 Å². The molecule has 11 rings (SSSR count). The molecule has 0 atom stereocenters. The Bertz CT molecular complexity index is 3250. The maximum Gasteiger partial charge on any atom is 0.164 e. The van der Waals surface area contributed by atoms with Crippen LogP contribution in [0.25, 0.3) is 111 Å². The van der Waals surface area contributed by atoms with Crippen LogP contribution in [-0.4, -0.2) is 15.0 Å². The predicted molar refractivity (Wildman–Crippen MR) is 227 cm³/mol. The Morgan fingerprint density at radius 1 is 0.268 bits per heavy atom. The summed E-state index contributed by atoms with van der Waals surface area (Å²) in [5.41, 5.74) is 12.7. The van der Waals surface area contributed by atoms with Gasteiger partial charge in [-0.05, 0) is 63.7 Å². The van der Waals surface area contributed by atoms with Crippen LogP contribution in [0.1, 0.15) is 0 Å². The van der Waals surface area contributed by atoms with E-state index in [1.807, 2.05) is 60.7 Å². The number of para-hydroxylation sites is 2. The number of hydrogen-bond donors (Lipinski definition) is 0. The van der Waals surface area contributed by atoms with E-state index in [1.165, 1.54) is 0 Å². The summed E-state index contributed by atoms with van der Waals surface area (Å²) in [5.74, 6) is 1.80. The minimum atomic E-state index is 0.595. The van der Waals surface area contributed by atoms with E-state index in [2.05, 4.69) is 127 Å². The molecule has 0 saturated carbocycles. The molecule has 262 valence electrons.